The van der Waals surface area contributed by atoms with Gasteiger partial charge in [-0.25, -0.2) is 0 Å². The van der Waals surface area contributed by atoms with E-state index in [4.69, 9.17) is 4.74 Å². The van der Waals surface area contributed by atoms with Gasteiger partial charge in [0.15, 0.2) is 0 Å². The smallest absolute Gasteiger partial charge is 0.375 e. The van der Waals surface area contributed by atoms with Gasteiger partial charge < -0.3 is 20.3 Å². The van der Waals surface area contributed by atoms with Crippen molar-refractivity contribution in [3.63, 3.8) is 0 Å². The van der Waals surface area contributed by atoms with Crippen LogP contribution >= 0.6 is 0 Å². The van der Waals surface area contributed by atoms with Crippen LogP contribution in [0.15, 0.2) is 24.3 Å². The number of carbonyl (C=O) groups excluding carboxylic acids is 2. The molecule has 0 unspecified atom stereocenters. The summed E-state index contributed by atoms with van der Waals surface area (Å²) in [5.74, 6) is -2.17. The lowest BCUT2D eigenvalue weighted by Crippen LogP contribution is -2.53. The number of nitrogens with zero attached hydrogens (tertiary/aromatic N) is 1. The Hall–Kier alpha value is -2.13. The number of carbonyl (C=O) groups is 2. The number of rotatable bonds is 5. The first-order chi connectivity index (χ1) is 12.2. The molecule has 26 heavy (non-hydrogen) atoms. The molecular formula is C17H22F3N3O3. The molecule has 0 bridgehead atoms. The Morgan fingerprint density at radius 3 is 2.73 bits per heavy atom. The van der Waals surface area contributed by atoms with Crippen LogP contribution in [-0.2, 0) is 20.9 Å². The van der Waals surface area contributed by atoms with Crippen molar-refractivity contribution in [1.82, 2.24) is 10.2 Å². The fraction of sp³-hybridized carbons (Fsp3) is 0.529. The SMILES string of the molecule is CCN(Cc1cccc(NC(=O)[C@H]2NCCO[C@@H]2C)c1)C(=O)C(F)(F)F. The zero-order valence-electron chi connectivity index (χ0n) is 14.6. The van der Waals surface area contributed by atoms with E-state index in [9.17, 15) is 22.8 Å². The third-order valence-electron chi connectivity index (χ3n) is 4.08. The second kappa shape index (κ2) is 8.50. The van der Waals surface area contributed by atoms with Crippen LogP contribution in [-0.4, -0.2) is 54.7 Å². The molecule has 1 aliphatic rings. The van der Waals surface area contributed by atoms with Gasteiger partial charge in [-0.15, -0.1) is 0 Å². The minimum absolute atomic E-state index is 0.0736. The minimum Gasteiger partial charge on any atom is -0.375 e. The van der Waals surface area contributed by atoms with Gasteiger partial charge in [-0.05, 0) is 31.5 Å². The summed E-state index contributed by atoms with van der Waals surface area (Å²) >= 11 is 0. The molecule has 6 nitrogen and oxygen atoms in total. The maximum atomic E-state index is 12.6. The van der Waals surface area contributed by atoms with Crippen molar-refractivity contribution < 1.29 is 27.5 Å². The van der Waals surface area contributed by atoms with E-state index in [-0.39, 0.29) is 25.1 Å². The van der Waals surface area contributed by atoms with E-state index >= 15 is 0 Å². The molecule has 1 saturated heterocycles. The van der Waals surface area contributed by atoms with Gasteiger partial charge in [0.05, 0.1) is 12.7 Å². The molecule has 2 N–H and O–H groups in total. The van der Waals surface area contributed by atoms with Crippen LogP contribution in [0.25, 0.3) is 0 Å². The molecule has 0 aromatic heterocycles. The quantitative estimate of drug-likeness (QED) is 0.827. The molecule has 1 aromatic rings. The predicted molar refractivity (Wildman–Crippen MR) is 89.4 cm³/mol. The van der Waals surface area contributed by atoms with Crippen molar-refractivity contribution in [2.75, 3.05) is 25.0 Å². The predicted octanol–water partition coefficient (Wildman–Crippen LogP) is 1.91. The Balaban J connectivity index is 2.05. The van der Waals surface area contributed by atoms with E-state index in [1.165, 1.54) is 6.92 Å². The fourth-order valence-electron chi connectivity index (χ4n) is 2.72. The van der Waals surface area contributed by atoms with Crippen LogP contribution in [0.3, 0.4) is 0 Å². The maximum absolute atomic E-state index is 12.6. The molecule has 9 heteroatoms. The Morgan fingerprint density at radius 2 is 2.12 bits per heavy atom. The second-order valence-electron chi connectivity index (χ2n) is 6.01. The number of hydrogen-bond donors (Lipinski definition) is 2. The average molecular weight is 373 g/mol. The lowest BCUT2D eigenvalue weighted by molar-refractivity contribution is -0.185. The van der Waals surface area contributed by atoms with Crippen molar-refractivity contribution >= 4 is 17.5 Å². The van der Waals surface area contributed by atoms with Crippen molar-refractivity contribution in [1.29, 1.82) is 0 Å². The lowest BCUT2D eigenvalue weighted by atomic mass is 10.1. The minimum atomic E-state index is -4.91. The third-order valence-corrected chi connectivity index (χ3v) is 4.08. The number of anilines is 1. The highest BCUT2D eigenvalue weighted by Gasteiger charge is 2.41. The number of alkyl halides is 3. The first kappa shape index (κ1) is 20.2. The molecule has 2 rings (SSSR count). The van der Waals surface area contributed by atoms with Crippen LogP contribution in [0.1, 0.15) is 19.4 Å². The van der Waals surface area contributed by atoms with Gasteiger partial charge in [-0.1, -0.05) is 12.1 Å². The van der Waals surface area contributed by atoms with Gasteiger partial charge >= 0.3 is 12.1 Å². The highest BCUT2D eigenvalue weighted by atomic mass is 19.4. The monoisotopic (exact) mass is 373 g/mol. The molecule has 0 saturated carbocycles. The van der Waals surface area contributed by atoms with Gasteiger partial charge in [-0.3, -0.25) is 9.59 Å². The topological polar surface area (TPSA) is 70.7 Å². The third kappa shape index (κ3) is 5.18. The maximum Gasteiger partial charge on any atom is 0.471 e. The summed E-state index contributed by atoms with van der Waals surface area (Å²) in [5.41, 5.74) is 0.936. The lowest BCUT2D eigenvalue weighted by Gasteiger charge is -2.29. The summed E-state index contributed by atoms with van der Waals surface area (Å²) in [6.45, 7) is 4.09. The summed E-state index contributed by atoms with van der Waals surface area (Å²) in [6.07, 6.45) is -5.20. The molecule has 1 aliphatic heterocycles. The summed E-state index contributed by atoms with van der Waals surface area (Å²) in [7, 11) is 0. The molecule has 144 valence electrons. The van der Waals surface area contributed by atoms with Crippen LogP contribution in [0.2, 0.25) is 0 Å². The van der Waals surface area contributed by atoms with E-state index in [0.29, 0.717) is 29.3 Å². The Kier molecular flexibility index (Phi) is 6.60. The highest BCUT2D eigenvalue weighted by molar-refractivity contribution is 5.95. The molecule has 2 atom stereocenters. The number of halogens is 3. The molecular weight excluding hydrogens is 351 g/mol. The molecule has 0 radical (unpaired) electrons. The fourth-order valence-corrected chi connectivity index (χ4v) is 2.72. The van der Waals surface area contributed by atoms with Crippen molar-refractivity contribution in [3.8, 4) is 0 Å². The van der Waals surface area contributed by atoms with Gasteiger partial charge in [0.2, 0.25) is 5.91 Å². The number of hydrogen-bond acceptors (Lipinski definition) is 4. The second-order valence-corrected chi connectivity index (χ2v) is 6.01. The standard InChI is InChI=1S/C17H22F3N3O3/c1-3-23(16(25)17(18,19)20)10-12-5-4-6-13(9-12)22-15(24)14-11(2)26-8-7-21-14/h4-6,9,11,14,21H,3,7-8,10H2,1-2H3,(H,22,24)/t11-,14+/m1/s1. The van der Waals surface area contributed by atoms with Gasteiger partial charge in [-0.2, -0.15) is 13.2 Å². The summed E-state index contributed by atoms with van der Waals surface area (Å²) < 4.78 is 43.3. The summed E-state index contributed by atoms with van der Waals surface area (Å²) in [5, 5.41) is 5.79. The van der Waals surface area contributed by atoms with Crippen molar-refractivity contribution in [2.24, 2.45) is 0 Å². The van der Waals surface area contributed by atoms with E-state index in [2.05, 4.69) is 10.6 Å². The highest BCUT2D eigenvalue weighted by Crippen LogP contribution is 2.21. The zero-order valence-corrected chi connectivity index (χ0v) is 14.6. The molecule has 1 aromatic carbocycles. The molecule has 1 heterocycles. The van der Waals surface area contributed by atoms with Crippen molar-refractivity contribution in [3.05, 3.63) is 29.8 Å². The van der Waals surface area contributed by atoms with Crippen LogP contribution in [0.5, 0.6) is 0 Å². The molecule has 0 aliphatic carbocycles. The van der Waals surface area contributed by atoms with Gasteiger partial charge in [0, 0.05) is 25.3 Å². The largest absolute Gasteiger partial charge is 0.471 e. The summed E-state index contributed by atoms with van der Waals surface area (Å²) in [6, 6.07) is 5.90. The number of benzene rings is 1. The number of nitrogens with one attached hydrogen (secondary N) is 2. The number of morpholine rings is 1. The van der Waals surface area contributed by atoms with Gasteiger partial charge in [0.25, 0.3) is 0 Å². The Bertz CT molecular complexity index is 652. The van der Waals surface area contributed by atoms with Crippen LogP contribution < -0.4 is 10.6 Å². The van der Waals surface area contributed by atoms with Crippen molar-refractivity contribution in [2.45, 2.75) is 38.7 Å². The number of ether oxygens (including phenoxy) is 1. The van der Waals surface area contributed by atoms with E-state index in [0.717, 1.165) is 0 Å². The summed E-state index contributed by atoms with van der Waals surface area (Å²) in [4.78, 5) is 24.5. The first-order valence-corrected chi connectivity index (χ1v) is 8.33. The van der Waals surface area contributed by atoms with Gasteiger partial charge in [0.1, 0.15) is 6.04 Å². The normalized spacial score (nSPS) is 20.5. The zero-order chi connectivity index (χ0) is 19.3. The molecule has 1 fully saturated rings. The van der Waals surface area contributed by atoms with Crippen LogP contribution in [0.4, 0.5) is 18.9 Å². The average Bonchev–Trinajstić information content (AvgIpc) is 2.59. The van der Waals surface area contributed by atoms with E-state index in [1.807, 2.05) is 0 Å². The van der Waals surface area contributed by atoms with E-state index in [1.54, 1.807) is 31.2 Å². The Labute approximate surface area is 149 Å². The Morgan fingerprint density at radius 1 is 1.38 bits per heavy atom. The molecule has 2 amide bonds. The van der Waals surface area contributed by atoms with Crippen LogP contribution in [0, 0.1) is 0 Å². The van der Waals surface area contributed by atoms with E-state index < -0.39 is 18.1 Å². The first-order valence-electron chi connectivity index (χ1n) is 8.33. The molecule has 0 spiro atoms. The number of amides is 2.